The number of rotatable bonds is 2. The maximum absolute atomic E-state index is 6.56. The van der Waals surface area contributed by atoms with Gasteiger partial charge in [-0.3, -0.25) is 4.98 Å². The van der Waals surface area contributed by atoms with Gasteiger partial charge in [0.25, 0.3) is 0 Å². The number of benzene rings is 1. The second-order valence-electron chi connectivity index (χ2n) is 4.85. The molecule has 2 nitrogen and oxygen atoms in total. The molecule has 3 atom stereocenters. The van der Waals surface area contributed by atoms with E-state index in [-0.39, 0.29) is 6.04 Å². The van der Waals surface area contributed by atoms with Crippen LogP contribution in [0.25, 0.3) is 10.9 Å². The van der Waals surface area contributed by atoms with Gasteiger partial charge < -0.3 is 5.73 Å². The van der Waals surface area contributed by atoms with E-state index in [4.69, 9.17) is 5.73 Å². The number of fused-ring (bicyclic) bond motifs is 1. The van der Waals surface area contributed by atoms with E-state index in [1.165, 1.54) is 22.5 Å². The van der Waals surface area contributed by atoms with Crippen molar-refractivity contribution in [1.82, 2.24) is 4.98 Å². The summed E-state index contributed by atoms with van der Waals surface area (Å²) < 4.78 is 0. The second kappa shape index (κ2) is 5.73. The molecule has 19 heavy (non-hydrogen) atoms. The number of nitrogens with zero attached hydrogens (tertiary/aromatic N) is 1. The molecule has 1 aliphatic heterocycles. The van der Waals surface area contributed by atoms with Crippen molar-refractivity contribution in [1.29, 1.82) is 0 Å². The van der Waals surface area contributed by atoms with Crippen LogP contribution < -0.4 is 5.73 Å². The van der Waals surface area contributed by atoms with Crippen LogP contribution >= 0.6 is 23.5 Å². The zero-order valence-corrected chi connectivity index (χ0v) is 12.6. The summed E-state index contributed by atoms with van der Waals surface area (Å²) in [6.45, 7) is 2.30. The predicted molar refractivity (Wildman–Crippen MR) is 86.8 cm³/mol. The minimum Gasteiger partial charge on any atom is -0.323 e. The Morgan fingerprint density at radius 3 is 2.89 bits per heavy atom. The van der Waals surface area contributed by atoms with Gasteiger partial charge in [-0.1, -0.05) is 25.1 Å². The molecule has 3 rings (SSSR count). The molecular formula is C15H18N2S2. The Kier molecular flexibility index (Phi) is 4.01. The topological polar surface area (TPSA) is 38.9 Å². The van der Waals surface area contributed by atoms with Gasteiger partial charge in [0.05, 0.1) is 5.52 Å². The smallest absolute Gasteiger partial charge is 0.0705 e. The van der Waals surface area contributed by atoms with E-state index in [9.17, 15) is 0 Å². The molecule has 2 N–H and O–H groups in total. The fourth-order valence-electron chi connectivity index (χ4n) is 2.64. The molecule has 1 aromatic carbocycles. The van der Waals surface area contributed by atoms with Crippen LogP contribution in [0.2, 0.25) is 0 Å². The maximum Gasteiger partial charge on any atom is 0.0705 e. The van der Waals surface area contributed by atoms with Gasteiger partial charge in [0.15, 0.2) is 0 Å². The van der Waals surface area contributed by atoms with E-state index in [2.05, 4.69) is 36.2 Å². The highest BCUT2D eigenvalue weighted by Crippen LogP contribution is 2.38. The molecule has 4 heteroatoms. The maximum atomic E-state index is 6.56. The molecule has 1 aliphatic rings. The summed E-state index contributed by atoms with van der Waals surface area (Å²) in [6, 6.07) is 10.5. The van der Waals surface area contributed by atoms with Crippen molar-refractivity contribution in [2.45, 2.75) is 23.5 Å². The van der Waals surface area contributed by atoms with Crippen molar-refractivity contribution in [3.63, 3.8) is 0 Å². The largest absolute Gasteiger partial charge is 0.323 e. The third-order valence-electron chi connectivity index (χ3n) is 3.63. The summed E-state index contributed by atoms with van der Waals surface area (Å²) in [7, 11) is 0. The van der Waals surface area contributed by atoms with Crippen molar-refractivity contribution in [2.24, 2.45) is 5.73 Å². The van der Waals surface area contributed by atoms with Crippen LogP contribution in [0.5, 0.6) is 0 Å². The van der Waals surface area contributed by atoms with Crippen LogP contribution in [-0.4, -0.2) is 27.0 Å². The Hall–Kier alpha value is -0.710. The molecular weight excluding hydrogens is 272 g/mol. The number of aromatic nitrogens is 1. The first kappa shape index (κ1) is 13.3. The highest BCUT2D eigenvalue weighted by molar-refractivity contribution is 8.07. The van der Waals surface area contributed by atoms with Crippen LogP contribution in [-0.2, 0) is 0 Å². The van der Waals surface area contributed by atoms with Crippen LogP contribution in [0.1, 0.15) is 18.5 Å². The molecule has 0 bridgehead atoms. The van der Waals surface area contributed by atoms with Gasteiger partial charge in [-0.25, -0.2) is 0 Å². The Bertz CT molecular complexity index is 568. The van der Waals surface area contributed by atoms with Crippen LogP contribution in [0.15, 0.2) is 36.5 Å². The minimum absolute atomic E-state index is 0.0840. The average molecular weight is 290 g/mol. The Labute approximate surface area is 122 Å². The average Bonchev–Trinajstić information content (AvgIpc) is 2.46. The first-order chi connectivity index (χ1) is 9.27. The summed E-state index contributed by atoms with van der Waals surface area (Å²) in [4.78, 5) is 4.42. The molecule has 0 saturated carbocycles. The third kappa shape index (κ3) is 2.62. The van der Waals surface area contributed by atoms with E-state index < -0.39 is 0 Å². The number of pyridine rings is 1. The Balaban J connectivity index is 1.99. The minimum atomic E-state index is 0.0840. The van der Waals surface area contributed by atoms with E-state index in [1.54, 1.807) is 0 Å². The number of thioether (sulfide) groups is 2. The predicted octanol–water partition coefficient (Wildman–Crippen LogP) is 3.47. The number of hydrogen-bond acceptors (Lipinski definition) is 4. The highest BCUT2D eigenvalue weighted by Gasteiger charge is 2.29. The van der Waals surface area contributed by atoms with Gasteiger partial charge in [0.2, 0.25) is 0 Å². The molecule has 0 radical (unpaired) electrons. The summed E-state index contributed by atoms with van der Waals surface area (Å²) >= 11 is 4.05. The monoisotopic (exact) mass is 290 g/mol. The van der Waals surface area contributed by atoms with Crippen molar-refractivity contribution < 1.29 is 0 Å². The fraction of sp³-hybridized carbons (Fsp3) is 0.400. The summed E-state index contributed by atoms with van der Waals surface area (Å²) in [6.07, 6.45) is 1.84. The zero-order chi connectivity index (χ0) is 13.2. The van der Waals surface area contributed by atoms with Crippen LogP contribution in [0.3, 0.4) is 0 Å². The number of hydrogen-bond donors (Lipinski definition) is 1. The van der Waals surface area contributed by atoms with Gasteiger partial charge in [-0.2, -0.15) is 23.5 Å². The Morgan fingerprint density at radius 2 is 2.05 bits per heavy atom. The van der Waals surface area contributed by atoms with E-state index >= 15 is 0 Å². The fourth-order valence-corrected chi connectivity index (χ4v) is 5.51. The molecule has 0 spiro atoms. The third-order valence-corrected chi connectivity index (χ3v) is 6.85. The van der Waals surface area contributed by atoms with E-state index in [0.29, 0.717) is 10.5 Å². The molecule has 0 aliphatic carbocycles. The lowest BCUT2D eigenvalue weighted by atomic mass is 9.98. The van der Waals surface area contributed by atoms with Crippen molar-refractivity contribution in [3.8, 4) is 0 Å². The molecule has 2 heterocycles. The van der Waals surface area contributed by atoms with Gasteiger partial charge in [-0.15, -0.1) is 0 Å². The molecule has 3 unspecified atom stereocenters. The van der Waals surface area contributed by atoms with Crippen LogP contribution in [0.4, 0.5) is 0 Å². The molecule has 1 aromatic heterocycles. The zero-order valence-electron chi connectivity index (χ0n) is 11.0. The van der Waals surface area contributed by atoms with Gasteiger partial charge >= 0.3 is 0 Å². The highest BCUT2D eigenvalue weighted by atomic mass is 32.2. The van der Waals surface area contributed by atoms with Gasteiger partial charge in [-0.05, 0) is 17.7 Å². The Morgan fingerprint density at radius 1 is 1.21 bits per heavy atom. The van der Waals surface area contributed by atoms with Crippen molar-refractivity contribution >= 4 is 34.4 Å². The number of nitrogens with two attached hydrogens (primary N) is 1. The lowest BCUT2D eigenvalue weighted by Crippen LogP contribution is -2.34. The summed E-state index contributed by atoms with van der Waals surface area (Å²) in [5.41, 5.74) is 8.84. The molecule has 2 aromatic rings. The lowest BCUT2D eigenvalue weighted by Gasteiger charge is -2.33. The summed E-state index contributed by atoms with van der Waals surface area (Å²) in [5, 5.41) is 2.30. The standard InChI is InChI=1S/C15H18N2S2/c1-10-15(19-9-8-18-10)14(16)12-4-2-6-13-11(12)5-3-7-17-13/h2-7,10,14-15H,8-9,16H2,1H3. The molecule has 1 fully saturated rings. The quantitative estimate of drug-likeness (QED) is 0.919. The SMILES string of the molecule is CC1SCCSC1C(N)c1cccc2ncccc12. The molecule has 1 saturated heterocycles. The van der Waals surface area contributed by atoms with E-state index in [0.717, 1.165) is 5.52 Å². The van der Waals surface area contributed by atoms with Crippen molar-refractivity contribution in [3.05, 3.63) is 42.1 Å². The van der Waals surface area contributed by atoms with Gasteiger partial charge in [0, 0.05) is 39.6 Å². The normalized spacial score (nSPS) is 25.4. The molecule has 100 valence electrons. The van der Waals surface area contributed by atoms with Crippen LogP contribution in [0, 0.1) is 0 Å². The first-order valence-electron chi connectivity index (χ1n) is 6.60. The van der Waals surface area contributed by atoms with Crippen molar-refractivity contribution in [2.75, 3.05) is 11.5 Å². The van der Waals surface area contributed by atoms with E-state index in [1.807, 2.05) is 35.8 Å². The summed E-state index contributed by atoms with van der Waals surface area (Å²) in [5.74, 6) is 2.45. The van der Waals surface area contributed by atoms with Gasteiger partial charge in [0.1, 0.15) is 0 Å². The molecule has 0 amide bonds. The lowest BCUT2D eigenvalue weighted by molar-refractivity contribution is 0.668. The first-order valence-corrected chi connectivity index (χ1v) is 8.69. The second-order valence-corrected chi connectivity index (χ2v) is 7.63.